The van der Waals surface area contributed by atoms with Crippen LogP contribution in [0.2, 0.25) is 0 Å². The van der Waals surface area contributed by atoms with Crippen molar-refractivity contribution in [3.8, 4) is 0 Å². The van der Waals surface area contributed by atoms with Crippen LogP contribution in [0.3, 0.4) is 0 Å². The molecule has 0 aromatic rings. The molecule has 0 radical (unpaired) electrons. The topological polar surface area (TPSA) is 91.3 Å². The maximum absolute atomic E-state index is 10.7. The summed E-state index contributed by atoms with van der Waals surface area (Å²) in [5, 5.41) is 8.38. The molecule has 21 heavy (non-hydrogen) atoms. The zero-order valence-corrected chi connectivity index (χ0v) is 12.7. The second kappa shape index (κ2) is 15.4. The first kappa shape index (κ1) is 20.0. The van der Waals surface area contributed by atoms with E-state index in [0.29, 0.717) is 52.7 Å². The Morgan fingerprint density at radius 1 is 0.714 bits per heavy atom. The van der Waals surface area contributed by atoms with Gasteiger partial charge in [0.15, 0.2) is 0 Å². The predicted molar refractivity (Wildman–Crippen MR) is 75.4 cm³/mol. The van der Waals surface area contributed by atoms with Crippen molar-refractivity contribution >= 4 is 11.8 Å². The minimum absolute atomic E-state index is 0.00945. The molecule has 0 aromatic carbocycles. The second-order valence-corrected chi connectivity index (χ2v) is 4.40. The molecule has 0 aliphatic rings. The smallest absolute Gasteiger partial charge is 0.305 e. The molecule has 0 heterocycles. The summed E-state index contributed by atoms with van der Waals surface area (Å²) in [5.41, 5.74) is 0. The Morgan fingerprint density at radius 3 is 1.57 bits per heavy atom. The predicted octanol–water partition coefficient (Wildman–Crippen LogP) is 0.897. The minimum Gasteiger partial charge on any atom is -0.481 e. The van der Waals surface area contributed by atoms with E-state index in [0.717, 1.165) is 6.42 Å². The molecule has 0 atom stereocenters. The first-order valence-electron chi connectivity index (χ1n) is 7.15. The Balaban J connectivity index is 2.99. The van der Waals surface area contributed by atoms with E-state index >= 15 is 0 Å². The molecule has 0 aliphatic carbocycles. The van der Waals surface area contributed by atoms with Gasteiger partial charge in [0.1, 0.15) is 5.78 Å². The molecular formula is C14H26O7. The number of rotatable bonds is 16. The van der Waals surface area contributed by atoms with Gasteiger partial charge in [0.2, 0.25) is 0 Å². The van der Waals surface area contributed by atoms with Crippen LogP contribution in [-0.4, -0.2) is 69.7 Å². The van der Waals surface area contributed by atoms with Gasteiger partial charge in [-0.05, 0) is 13.3 Å². The summed E-state index contributed by atoms with van der Waals surface area (Å²) < 4.78 is 20.9. The molecule has 0 fully saturated rings. The van der Waals surface area contributed by atoms with Crippen LogP contribution in [0.5, 0.6) is 0 Å². The third-order valence-corrected chi connectivity index (χ3v) is 2.39. The fourth-order valence-electron chi connectivity index (χ4n) is 1.34. The number of hydrogen-bond donors (Lipinski definition) is 1. The van der Waals surface area contributed by atoms with Crippen molar-refractivity contribution in [1.82, 2.24) is 0 Å². The lowest BCUT2D eigenvalue weighted by Gasteiger charge is -2.07. The zero-order chi connectivity index (χ0) is 15.8. The molecule has 1 N–H and O–H groups in total. The van der Waals surface area contributed by atoms with Crippen molar-refractivity contribution in [3.05, 3.63) is 0 Å². The van der Waals surface area contributed by atoms with Gasteiger partial charge in [0, 0.05) is 13.0 Å². The van der Waals surface area contributed by atoms with Gasteiger partial charge in [-0.3, -0.25) is 4.79 Å². The number of carbonyl (C=O) groups excluding carboxylic acids is 1. The second-order valence-electron chi connectivity index (χ2n) is 4.40. The standard InChI is InChI=1S/C14H26O7/c1-13(15)3-2-5-18-7-9-20-11-12-21-10-8-19-6-4-14(16)17/h2-12H2,1H3,(H,16,17). The number of ketones is 1. The van der Waals surface area contributed by atoms with Crippen molar-refractivity contribution in [2.75, 3.05) is 52.9 Å². The number of ether oxygens (including phenoxy) is 4. The maximum atomic E-state index is 10.7. The lowest BCUT2D eigenvalue weighted by atomic mass is 10.2. The van der Waals surface area contributed by atoms with E-state index in [2.05, 4.69) is 0 Å². The normalized spacial score (nSPS) is 10.7. The molecule has 0 unspecified atom stereocenters. The van der Waals surface area contributed by atoms with Gasteiger partial charge in [0.05, 0.1) is 52.7 Å². The summed E-state index contributed by atoms with van der Waals surface area (Å²) in [5.74, 6) is -0.688. The van der Waals surface area contributed by atoms with Crippen molar-refractivity contribution in [3.63, 3.8) is 0 Å². The Hall–Kier alpha value is -1.02. The third-order valence-electron chi connectivity index (χ3n) is 2.39. The highest BCUT2D eigenvalue weighted by atomic mass is 16.6. The van der Waals surface area contributed by atoms with Crippen molar-refractivity contribution in [1.29, 1.82) is 0 Å². The lowest BCUT2D eigenvalue weighted by molar-refractivity contribution is -0.138. The van der Waals surface area contributed by atoms with Crippen molar-refractivity contribution < 1.29 is 33.6 Å². The average Bonchev–Trinajstić information content (AvgIpc) is 2.42. The van der Waals surface area contributed by atoms with E-state index < -0.39 is 5.97 Å². The van der Waals surface area contributed by atoms with Gasteiger partial charge in [0.25, 0.3) is 0 Å². The molecule has 7 heteroatoms. The molecule has 0 saturated heterocycles. The minimum atomic E-state index is -0.868. The van der Waals surface area contributed by atoms with Crippen molar-refractivity contribution in [2.24, 2.45) is 0 Å². The highest BCUT2D eigenvalue weighted by Crippen LogP contribution is 1.91. The van der Waals surface area contributed by atoms with Crippen LogP contribution in [0, 0.1) is 0 Å². The number of carbonyl (C=O) groups is 2. The number of carboxylic acids is 1. The highest BCUT2D eigenvalue weighted by molar-refractivity contribution is 5.75. The molecule has 0 rings (SSSR count). The average molecular weight is 306 g/mol. The molecule has 7 nitrogen and oxygen atoms in total. The molecular weight excluding hydrogens is 280 g/mol. The van der Waals surface area contributed by atoms with Crippen LogP contribution < -0.4 is 0 Å². The van der Waals surface area contributed by atoms with E-state index in [1.165, 1.54) is 0 Å². The Kier molecular flexibility index (Phi) is 14.6. The van der Waals surface area contributed by atoms with Gasteiger partial charge in [-0.15, -0.1) is 0 Å². The molecule has 0 bridgehead atoms. The molecule has 0 aliphatic heterocycles. The van der Waals surface area contributed by atoms with Crippen molar-refractivity contribution in [2.45, 2.75) is 26.2 Å². The van der Waals surface area contributed by atoms with Gasteiger partial charge in [-0.2, -0.15) is 0 Å². The van der Waals surface area contributed by atoms with Gasteiger partial charge < -0.3 is 28.8 Å². The monoisotopic (exact) mass is 306 g/mol. The van der Waals surface area contributed by atoms with E-state index in [1.54, 1.807) is 6.92 Å². The summed E-state index contributed by atoms with van der Waals surface area (Å²) in [7, 11) is 0. The van der Waals surface area contributed by atoms with Crippen LogP contribution in [-0.2, 0) is 28.5 Å². The van der Waals surface area contributed by atoms with E-state index in [1.807, 2.05) is 0 Å². The van der Waals surface area contributed by atoms with Gasteiger partial charge >= 0.3 is 5.97 Å². The van der Waals surface area contributed by atoms with E-state index in [4.69, 9.17) is 24.1 Å². The summed E-state index contributed by atoms with van der Waals surface area (Å²) in [6.45, 7) is 5.11. The SMILES string of the molecule is CC(=O)CCCOCCOCCOCCOCCC(=O)O. The first-order valence-corrected chi connectivity index (χ1v) is 7.15. The molecule has 0 aromatic heterocycles. The van der Waals surface area contributed by atoms with Gasteiger partial charge in [-0.1, -0.05) is 0 Å². The number of aliphatic carboxylic acids is 1. The fourth-order valence-corrected chi connectivity index (χ4v) is 1.34. The van der Waals surface area contributed by atoms with Crippen LogP contribution in [0.25, 0.3) is 0 Å². The van der Waals surface area contributed by atoms with E-state index in [9.17, 15) is 9.59 Å². The Labute approximate surface area is 125 Å². The third kappa shape index (κ3) is 19.0. The number of hydrogen-bond acceptors (Lipinski definition) is 6. The lowest BCUT2D eigenvalue weighted by Crippen LogP contribution is -2.13. The summed E-state index contributed by atoms with van der Waals surface area (Å²) in [6, 6.07) is 0. The highest BCUT2D eigenvalue weighted by Gasteiger charge is 1.97. The molecule has 124 valence electrons. The van der Waals surface area contributed by atoms with Crippen LogP contribution in [0.4, 0.5) is 0 Å². The summed E-state index contributed by atoms with van der Waals surface area (Å²) in [4.78, 5) is 20.9. The maximum Gasteiger partial charge on any atom is 0.305 e. The van der Waals surface area contributed by atoms with Gasteiger partial charge in [-0.25, -0.2) is 0 Å². The first-order chi connectivity index (χ1) is 10.1. The quantitative estimate of drug-likeness (QED) is 0.423. The van der Waals surface area contributed by atoms with E-state index in [-0.39, 0.29) is 18.8 Å². The van der Waals surface area contributed by atoms with Crippen LogP contribution in [0.1, 0.15) is 26.2 Å². The summed E-state index contributed by atoms with van der Waals surface area (Å²) >= 11 is 0. The number of Topliss-reactive ketones (excluding diaryl/α,β-unsaturated/α-hetero) is 1. The molecule has 0 amide bonds. The fraction of sp³-hybridized carbons (Fsp3) is 0.857. The zero-order valence-electron chi connectivity index (χ0n) is 12.7. The Bertz CT molecular complexity index is 242. The number of carboxylic acid groups (broad SMARTS) is 1. The largest absolute Gasteiger partial charge is 0.481 e. The Morgan fingerprint density at radius 2 is 1.14 bits per heavy atom. The van der Waals surface area contributed by atoms with Crippen LogP contribution in [0.15, 0.2) is 0 Å². The molecule has 0 spiro atoms. The summed E-state index contributed by atoms with van der Waals surface area (Å²) in [6.07, 6.45) is 1.32. The van der Waals surface area contributed by atoms with Crippen LogP contribution >= 0.6 is 0 Å². The molecule has 0 saturated carbocycles.